The van der Waals surface area contributed by atoms with Gasteiger partial charge in [0.2, 0.25) is 0 Å². The second-order valence-electron chi connectivity index (χ2n) is 5.39. The van der Waals surface area contributed by atoms with E-state index in [9.17, 15) is 4.39 Å². The number of rotatable bonds is 8. The minimum atomic E-state index is -0.285. The smallest absolute Gasteiger partial charge is 0.165 e. The van der Waals surface area contributed by atoms with E-state index < -0.39 is 0 Å². The summed E-state index contributed by atoms with van der Waals surface area (Å²) in [6.07, 6.45) is 8.69. The Morgan fingerprint density at radius 2 is 2.29 bits per heavy atom. The van der Waals surface area contributed by atoms with E-state index in [2.05, 4.69) is 10.3 Å². The fourth-order valence-corrected chi connectivity index (χ4v) is 2.24. The fraction of sp³-hybridized carbons (Fsp3) is 0.438. The van der Waals surface area contributed by atoms with Crippen molar-refractivity contribution >= 4 is 0 Å². The Morgan fingerprint density at radius 3 is 3.05 bits per heavy atom. The highest BCUT2D eigenvalue weighted by atomic mass is 19.1. The van der Waals surface area contributed by atoms with E-state index in [1.165, 1.54) is 18.9 Å². The molecule has 1 heterocycles. The Bertz CT molecular complexity index is 567. The third kappa shape index (κ3) is 4.04. The van der Waals surface area contributed by atoms with Gasteiger partial charge in [0.25, 0.3) is 0 Å². The third-order valence-corrected chi connectivity index (χ3v) is 3.57. The SMILES string of the molecule is Fc1cccc(CNC2CC2)c1OCCCn1ccnc1. The zero-order chi connectivity index (χ0) is 14.5. The van der Waals surface area contributed by atoms with Gasteiger partial charge in [-0.05, 0) is 25.3 Å². The number of nitrogens with one attached hydrogen (secondary N) is 1. The molecule has 1 fully saturated rings. The minimum Gasteiger partial charge on any atom is -0.490 e. The zero-order valence-corrected chi connectivity index (χ0v) is 12.0. The molecule has 1 aliphatic rings. The number of hydrogen-bond acceptors (Lipinski definition) is 3. The lowest BCUT2D eigenvalue weighted by Crippen LogP contribution is -2.16. The van der Waals surface area contributed by atoms with E-state index in [1.807, 2.05) is 16.8 Å². The van der Waals surface area contributed by atoms with Crippen LogP contribution in [0.5, 0.6) is 5.75 Å². The molecule has 5 heteroatoms. The molecule has 112 valence electrons. The van der Waals surface area contributed by atoms with Crippen molar-refractivity contribution < 1.29 is 9.13 Å². The van der Waals surface area contributed by atoms with Gasteiger partial charge in [-0.3, -0.25) is 0 Å². The first kappa shape index (κ1) is 14.1. The highest BCUT2D eigenvalue weighted by Crippen LogP contribution is 2.25. The summed E-state index contributed by atoms with van der Waals surface area (Å²) in [6, 6.07) is 5.70. The predicted octanol–water partition coefficient (Wildman–Crippen LogP) is 2.74. The van der Waals surface area contributed by atoms with Gasteiger partial charge in [-0.15, -0.1) is 0 Å². The molecule has 0 unspecified atom stereocenters. The van der Waals surface area contributed by atoms with Crippen molar-refractivity contribution in [3.8, 4) is 5.75 Å². The molecule has 0 spiro atoms. The van der Waals surface area contributed by atoms with E-state index in [0.29, 0.717) is 24.9 Å². The predicted molar refractivity (Wildman–Crippen MR) is 78.6 cm³/mol. The van der Waals surface area contributed by atoms with Crippen LogP contribution in [0.1, 0.15) is 24.8 Å². The molecule has 0 atom stereocenters. The van der Waals surface area contributed by atoms with Crippen LogP contribution in [0.4, 0.5) is 4.39 Å². The molecular weight excluding hydrogens is 269 g/mol. The molecule has 0 aliphatic heterocycles. The second kappa shape index (κ2) is 6.72. The van der Waals surface area contributed by atoms with Gasteiger partial charge in [-0.2, -0.15) is 0 Å². The average Bonchev–Trinajstić information content (AvgIpc) is 3.17. The maximum atomic E-state index is 13.9. The standard InChI is InChI=1S/C16H20FN3O/c17-15-4-1-3-13(11-19-14-5-6-14)16(15)21-10-2-8-20-9-7-18-12-20/h1,3-4,7,9,12,14,19H,2,5-6,8,10-11H2. The van der Waals surface area contributed by atoms with Gasteiger partial charge < -0.3 is 14.6 Å². The van der Waals surface area contributed by atoms with Crippen molar-refractivity contribution in [2.45, 2.75) is 38.4 Å². The lowest BCUT2D eigenvalue weighted by Gasteiger charge is -2.13. The molecule has 0 amide bonds. The summed E-state index contributed by atoms with van der Waals surface area (Å²) in [6.45, 7) is 1.99. The van der Waals surface area contributed by atoms with Crippen LogP contribution in [0, 0.1) is 5.82 Å². The van der Waals surface area contributed by atoms with Gasteiger partial charge in [-0.25, -0.2) is 9.37 Å². The van der Waals surface area contributed by atoms with E-state index in [1.54, 1.807) is 18.6 Å². The number of aryl methyl sites for hydroxylation is 1. The molecule has 1 aromatic heterocycles. The van der Waals surface area contributed by atoms with Crippen LogP contribution < -0.4 is 10.1 Å². The molecule has 3 rings (SSSR count). The third-order valence-electron chi connectivity index (χ3n) is 3.57. The van der Waals surface area contributed by atoms with Crippen molar-refractivity contribution in [2.75, 3.05) is 6.61 Å². The molecule has 0 bridgehead atoms. The summed E-state index contributed by atoms with van der Waals surface area (Å²) >= 11 is 0. The molecule has 4 nitrogen and oxygen atoms in total. The highest BCUT2D eigenvalue weighted by molar-refractivity contribution is 5.35. The Kier molecular flexibility index (Phi) is 4.50. The Labute approximate surface area is 124 Å². The highest BCUT2D eigenvalue weighted by Gasteiger charge is 2.21. The number of halogens is 1. The van der Waals surface area contributed by atoms with E-state index >= 15 is 0 Å². The Balaban J connectivity index is 1.52. The average molecular weight is 289 g/mol. The molecular formula is C16H20FN3O. The summed E-state index contributed by atoms with van der Waals surface area (Å²) in [4.78, 5) is 3.99. The molecule has 1 aliphatic carbocycles. The number of imidazole rings is 1. The van der Waals surface area contributed by atoms with Crippen LogP contribution in [-0.2, 0) is 13.1 Å². The van der Waals surface area contributed by atoms with Crippen LogP contribution in [0.15, 0.2) is 36.9 Å². The first-order valence-electron chi connectivity index (χ1n) is 7.42. The quantitative estimate of drug-likeness (QED) is 0.760. The monoisotopic (exact) mass is 289 g/mol. The van der Waals surface area contributed by atoms with Crippen molar-refractivity contribution in [3.63, 3.8) is 0 Å². The fourth-order valence-electron chi connectivity index (χ4n) is 2.24. The minimum absolute atomic E-state index is 0.285. The first-order valence-corrected chi connectivity index (χ1v) is 7.42. The number of nitrogens with zero attached hydrogens (tertiary/aromatic N) is 2. The molecule has 1 aromatic carbocycles. The largest absolute Gasteiger partial charge is 0.490 e. The molecule has 1 N–H and O–H groups in total. The maximum absolute atomic E-state index is 13.9. The van der Waals surface area contributed by atoms with Crippen LogP contribution >= 0.6 is 0 Å². The summed E-state index contributed by atoms with van der Waals surface area (Å²) < 4.78 is 21.6. The van der Waals surface area contributed by atoms with Gasteiger partial charge in [0, 0.05) is 37.1 Å². The van der Waals surface area contributed by atoms with E-state index in [-0.39, 0.29) is 5.82 Å². The lowest BCUT2D eigenvalue weighted by molar-refractivity contribution is 0.284. The normalized spacial score (nSPS) is 14.3. The van der Waals surface area contributed by atoms with Crippen LogP contribution in [-0.4, -0.2) is 22.2 Å². The summed E-state index contributed by atoms with van der Waals surface area (Å²) in [5, 5.41) is 3.39. The summed E-state index contributed by atoms with van der Waals surface area (Å²) in [5.74, 6) is 0.101. The molecule has 2 aromatic rings. The second-order valence-corrected chi connectivity index (χ2v) is 5.39. The maximum Gasteiger partial charge on any atom is 0.165 e. The van der Waals surface area contributed by atoms with Gasteiger partial charge in [0.15, 0.2) is 11.6 Å². The van der Waals surface area contributed by atoms with Crippen LogP contribution in [0.3, 0.4) is 0 Å². The van der Waals surface area contributed by atoms with Crippen molar-refractivity contribution in [2.24, 2.45) is 0 Å². The molecule has 0 radical (unpaired) electrons. The molecule has 1 saturated carbocycles. The van der Waals surface area contributed by atoms with E-state index in [4.69, 9.17) is 4.74 Å². The number of hydrogen-bond donors (Lipinski definition) is 1. The molecule has 21 heavy (non-hydrogen) atoms. The zero-order valence-electron chi connectivity index (χ0n) is 12.0. The first-order chi connectivity index (χ1) is 10.3. The number of aromatic nitrogens is 2. The van der Waals surface area contributed by atoms with Crippen LogP contribution in [0.25, 0.3) is 0 Å². The van der Waals surface area contributed by atoms with Crippen molar-refractivity contribution in [1.29, 1.82) is 0 Å². The van der Waals surface area contributed by atoms with Crippen molar-refractivity contribution in [3.05, 3.63) is 48.3 Å². The van der Waals surface area contributed by atoms with Crippen LogP contribution in [0.2, 0.25) is 0 Å². The Hall–Kier alpha value is -1.88. The van der Waals surface area contributed by atoms with Gasteiger partial charge >= 0.3 is 0 Å². The van der Waals surface area contributed by atoms with Crippen molar-refractivity contribution in [1.82, 2.24) is 14.9 Å². The lowest BCUT2D eigenvalue weighted by atomic mass is 10.2. The van der Waals surface area contributed by atoms with Gasteiger partial charge in [-0.1, -0.05) is 12.1 Å². The topological polar surface area (TPSA) is 39.1 Å². The summed E-state index contributed by atoms with van der Waals surface area (Å²) in [7, 11) is 0. The summed E-state index contributed by atoms with van der Waals surface area (Å²) in [5.41, 5.74) is 0.893. The number of para-hydroxylation sites is 1. The van der Waals surface area contributed by atoms with E-state index in [0.717, 1.165) is 18.5 Å². The molecule has 0 saturated heterocycles. The van der Waals surface area contributed by atoms with Gasteiger partial charge in [0.1, 0.15) is 0 Å². The Morgan fingerprint density at radius 1 is 1.38 bits per heavy atom. The number of benzene rings is 1. The number of ether oxygens (including phenoxy) is 1. The van der Waals surface area contributed by atoms with Gasteiger partial charge in [0.05, 0.1) is 12.9 Å².